The first-order valence-corrected chi connectivity index (χ1v) is 5.80. The Morgan fingerprint density at radius 2 is 2.13 bits per heavy atom. The largest absolute Gasteiger partial charge is 0.478 e. The molecule has 0 amide bonds. The van der Waals surface area contributed by atoms with Crippen LogP contribution in [-0.4, -0.2) is 37.8 Å². The number of hydrogen-bond donors (Lipinski definition) is 1. The minimum atomic E-state index is -3.48. The maximum Gasteiger partial charge on any atom is 0.337 e. The minimum absolute atomic E-state index is 0.0486. The van der Waals surface area contributed by atoms with Crippen molar-refractivity contribution >= 4 is 21.7 Å². The van der Waals surface area contributed by atoms with Gasteiger partial charge in [-0.25, -0.2) is 13.2 Å². The van der Waals surface area contributed by atoms with Crippen LogP contribution in [0, 0.1) is 0 Å². The zero-order valence-electron chi connectivity index (χ0n) is 8.21. The highest BCUT2D eigenvalue weighted by Crippen LogP contribution is 2.19. The van der Waals surface area contributed by atoms with Crippen molar-refractivity contribution in [1.29, 1.82) is 0 Å². The van der Waals surface area contributed by atoms with E-state index < -0.39 is 16.0 Å². The van der Waals surface area contributed by atoms with Gasteiger partial charge in [0.05, 0.1) is 23.7 Å². The number of rotatable bonds is 3. The second-order valence-electron chi connectivity index (χ2n) is 2.93. The SMILES string of the molecule is CN(c1cnccc1C(=O)O)S(C)(=O)=O. The number of nitrogens with zero attached hydrogens (tertiary/aromatic N) is 2. The second kappa shape index (κ2) is 3.85. The van der Waals surface area contributed by atoms with Crippen LogP contribution < -0.4 is 4.31 Å². The molecular weight excluding hydrogens is 220 g/mol. The number of carboxylic acid groups (broad SMARTS) is 1. The molecule has 15 heavy (non-hydrogen) atoms. The molecule has 0 saturated carbocycles. The van der Waals surface area contributed by atoms with Crippen molar-refractivity contribution in [3.05, 3.63) is 24.0 Å². The van der Waals surface area contributed by atoms with E-state index in [1.165, 1.54) is 25.5 Å². The third kappa shape index (κ3) is 2.44. The Hall–Kier alpha value is -1.63. The van der Waals surface area contributed by atoms with Gasteiger partial charge >= 0.3 is 5.97 Å². The van der Waals surface area contributed by atoms with Crippen molar-refractivity contribution in [1.82, 2.24) is 4.98 Å². The van der Waals surface area contributed by atoms with Crippen LogP contribution in [-0.2, 0) is 10.0 Å². The molecule has 1 heterocycles. The van der Waals surface area contributed by atoms with E-state index in [0.29, 0.717) is 0 Å². The van der Waals surface area contributed by atoms with Crippen LogP contribution in [0.4, 0.5) is 5.69 Å². The fraction of sp³-hybridized carbons (Fsp3) is 0.250. The number of sulfonamides is 1. The van der Waals surface area contributed by atoms with E-state index >= 15 is 0 Å². The average molecular weight is 230 g/mol. The van der Waals surface area contributed by atoms with E-state index in [9.17, 15) is 13.2 Å². The topological polar surface area (TPSA) is 87.6 Å². The predicted octanol–water partition coefficient (Wildman–Crippen LogP) is 0.176. The van der Waals surface area contributed by atoms with Crippen molar-refractivity contribution in [2.45, 2.75) is 0 Å². The van der Waals surface area contributed by atoms with Crippen molar-refractivity contribution in [3.63, 3.8) is 0 Å². The van der Waals surface area contributed by atoms with Gasteiger partial charge in [-0.3, -0.25) is 9.29 Å². The Morgan fingerprint density at radius 1 is 1.53 bits per heavy atom. The number of carboxylic acids is 1. The summed E-state index contributed by atoms with van der Waals surface area (Å²) in [5.41, 5.74) is -0.0505. The van der Waals surface area contributed by atoms with Gasteiger partial charge in [0, 0.05) is 13.2 Å². The highest BCUT2D eigenvalue weighted by Gasteiger charge is 2.19. The maximum atomic E-state index is 11.2. The molecule has 0 radical (unpaired) electrons. The lowest BCUT2D eigenvalue weighted by Crippen LogP contribution is -2.26. The molecule has 1 rings (SSSR count). The lowest BCUT2D eigenvalue weighted by atomic mass is 10.2. The van der Waals surface area contributed by atoms with Crippen LogP contribution in [0.2, 0.25) is 0 Å². The van der Waals surface area contributed by atoms with Crippen LogP contribution in [0.25, 0.3) is 0 Å². The summed E-state index contributed by atoms with van der Waals surface area (Å²) in [6.45, 7) is 0. The number of carbonyl (C=O) groups is 1. The van der Waals surface area contributed by atoms with Crippen LogP contribution in [0.5, 0.6) is 0 Å². The summed E-state index contributed by atoms with van der Waals surface area (Å²) in [7, 11) is -2.21. The van der Waals surface area contributed by atoms with Crippen LogP contribution >= 0.6 is 0 Å². The van der Waals surface area contributed by atoms with Crippen molar-refractivity contribution in [3.8, 4) is 0 Å². The number of aromatic nitrogens is 1. The molecule has 0 saturated heterocycles. The molecular formula is C8H10N2O4S. The Labute approximate surface area is 87.2 Å². The molecule has 1 aromatic rings. The van der Waals surface area contributed by atoms with Crippen molar-refractivity contribution in [2.75, 3.05) is 17.6 Å². The predicted molar refractivity (Wildman–Crippen MR) is 54.4 cm³/mol. The fourth-order valence-corrected chi connectivity index (χ4v) is 1.50. The molecule has 0 spiro atoms. The molecule has 0 aliphatic heterocycles. The van der Waals surface area contributed by atoms with Gasteiger partial charge in [-0.2, -0.15) is 0 Å². The zero-order valence-corrected chi connectivity index (χ0v) is 9.02. The molecule has 0 aliphatic carbocycles. The average Bonchev–Trinajstić information content (AvgIpc) is 2.15. The Morgan fingerprint density at radius 3 is 2.60 bits per heavy atom. The van der Waals surface area contributed by atoms with Gasteiger partial charge < -0.3 is 5.11 Å². The summed E-state index contributed by atoms with van der Waals surface area (Å²) in [4.78, 5) is 14.5. The lowest BCUT2D eigenvalue weighted by Gasteiger charge is -2.17. The normalized spacial score (nSPS) is 11.1. The van der Waals surface area contributed by atoms with Gasteiger partial charge in [0.15, 0.2) is 0 Å². The van der Waals surface area contributed by atoms with E-state index in [4.69, 9.17) is 5.11 Å². The summed E-state index contributed by atoms with van der Waals surface area (Å²) < 4.78 is 23.3. The molecule has 6 nitrogen and oxygen atoms in total. The van der Waals surface area contributed by atoms with Gasteiger partial charge in [0.1, 0.15) is 0 Å². The Kier molecular flexibility index (Phi) is 2.94. The van der Waals surface area contributed by atoms with Gasteiger partial charge in [-0.15, -0.1) is 0 Å². The summed E-state index contributed by atoms with van der Waals surface area (Å²) in [5.74, 6) is -1.19. The standard InChI is InChI=1S/C8H10N2O4S/c1-10(15(2,13)14)7-5-9-4-3-6(7)8(11)12/h3-5H,1-2H3,(H,11,12). The molecule has 82 valence electrons. The van der Waals surface area contributed by atoms with Crippen LogP contribution in [0.3, 0.4) is 0 Å². The Bertz CT molecular complexity index is 483. The van der Waals surface area contributed by atoms with Crippen molar-refractivity contribution < 1.29 is 18.3 Å². The molecule has 0 bridgehead atoms. The first-order chi connectivity index (χ1) is 6.84. The second-order valence-corrected chi connectivity index (χ2v) is 4.94. The molecule has 0 fully saturated rings. The summed E-state index contributed by atoms with van der Waals surface area (Å²) >= 11 is 0. The third-order valence-corrected chi connectivity index (χ3v) is 3.06. The number of hydrogen-bond acceptors (Lipinski definition) is 4. The van der Waals surface area contributed by atoms with E-state index in [1.807, 2.05) is 0 Å². The molecule has 0 unspecified atom stereocenters. The van der Waals surface area contributed by atoms with E-state index in [1.54, 1.807) is 0 Å². The molecule has 1 N–H and O–H groups in total. The quantitative estimate of drug-likeness (QED) is 0.800. The number of anilines is 1. The summed E-state index contributed by atoms with van der Waals surface area (Å²) in [6.07, 6.45) is 3.49. The summed E-state index contributed by atoms with van der Waals surface area (Å²) in [5, 5.41) is 8.83. The monoisotopic (exact) mass is 230 g/mol. The highest BCUT2D eigenvalue weighted by atomic mass is 32.2. The number of pyridine rings is 1. The number of aromatic carboxylic acids is 1. The Balaban J connectivity index is 3.32. The molecule has 0 aliphatic rings. The van der Waals surface area contributed by atoms with E-state index in [0.717, 1.165) is 10.6 Å². The first-order valence-electron chi connectivity index (χ1n) is 3.95. The lowest BCUT2D eigenvalue weighted by molar-refractivity contribution is 0.0697. The smallest absolute Gasteiger partial charge is 0.337 e. The van der Waals surface area contributed by atoms with Gasteiger partial charge in [-0.05, 0) is 6.07 Å². The highest BCUT2D eigenvalue weighted by molar-refractivity contribution is 7.92. The molecule has 7 heteroatoms. The maximum absolute atomic E-state index is 11.2. The fourth-order valence-electron chi connectivity index (χ4n) is 0.997. The van der Waals surface area contributed by atoms with E-state index in [-0.39, 0.29) is 11.3 Å². The van der Waals surface area contributed by atoms with Gasteiger partial charge in [-0.1, -0.05) is 0 Å². The molecule has 1 aromatic heterocycles. The zero-order chi connectivity index (χ0) is 11.6. The molecule has 0 atom stereocenters. The van der Waals surface area contributed by atoms with Crippen LogP contribution in [0.15, 0.2) is 18.5 Å². The van der Waals surface area contributed by atoms with Crippen molar-refractivity contribution in [2.24, 2.45) is 0 Å². The first kappa shape index (κ1) is 11.4. The minimum Gasteiger partial charge on any atom is -0.478 e. The summed E-state index contributed by atoms with van der Waals surface area (Å²) in [6, 6.07) is 1.25. The third-order valence-electron chi connectivity index (χ3n) is 1.87. The molecule has 0 aromatic carbocycles. The van der Waals surface area contributed by atoms with Gasteiger partial charge in [0.2, 0.25) is 10.0 Å². The van der Waals surface area contributed by atoms with Gasteiger partial charge in [0.25, 0.3) is 0 Å². The van der Waals surface area contributed by atoms with Crippen LogP contribution in [0.1, 0.15) is 10.4 Å². The van der Waals surface area contributed by atoms with E-state index in [2.05, 4.69) is 4.98 Å².